The molecule has 0 fully saturated rings. The van der Waals surface area contributed by atoms with Crippen LogP contribution in [0.25, 0.3) is 0 Å². The van der Waals surface area contributed by atoms with Gasteiger partial charge in [0.2, 0.25) is 0 Å². The van der Waals surface area contributed by atoms with Gasteiger partial charge in [-0.2, -0.15) is 8.78 Å². The number of carbonyl (C=O) groups excluding carboxylic acids is 2. The number of ether oxygens (including phenoxy) is 2. The van der Waals surface area contributed by atoms with Crippen LogP contribution < -0.4 is 10.1 Å². The van der Waals surface area contributed by atoms with E-state index in [1.54, 1.807) is 0 Å². The van der Waals surface area contributed by atoms with Crippen LogP contribution in [0.4, 0.5) is 8.78 Å². The molecule has 0 saturated carbocycles. The number of hydrogen-bond donors (Lipinski definition) is 1. The van der Waals surface area contributed by atoms with Crippen LogP contribution in [-0.4, -0.2) is 25.1 Å². The Morgan fingerprint density at radius 3 is 2.22 bits per heavy atom. The number of hydrogen-bond acceptors (Lipinski definition) is 4. The molecule has 27 heavy (non-hydrogen) atoms. The van der Waals surface area contributed by atoms with Crippen LogP contribution in [0.5, 0.6) is 5.75 Å². The number of amides is 1. The number of rotatable bonds is 8. The average molecular weight is 377 g/mol. The number of nitrogens with one attached hydrogen (secondary N) is 1. The van der Waals surface area contributed by atoms with Gasteiger partial charge in [-0.05, 0) is 43.2 Å². The molecule has 1 atom stereocenters. The molecule has 0 aliphatic rings. The van der Waals surface area contributed by atoms with Crippen LogP contribution in [0.3, 0.4) is 0 Å². The molecule has 144 valence electrons. The summed E-state index contributed by atoms with van der Waals surface area (Å²) < 4.78 is 33.4. The maximum Gasteiger partial charge on any atom is 0.387 e. The first-order valence-corrected chi connectivity index (χ1v) is 8.47. The van der Waals surface area contributed by atoms with Crippen LogP contribution in [0.1, 0.15) is 40.9 Å². The maximum atomic E-state index is 12.1. The number of carbonyl (C=O) groups is 2. The van der Waals surface area contributed by atoms with Gasteiger partial charge < -0.3 is 14.8 Å². The van der Waals surface area contributed by atoms with Gasteiger partial charge >= 0.3 is 12.6 Å². The van der Waals surface area contributed by atoms with E-state index in [-0.39, 0.29) is 17.4 Å². The molecule has 1 N–H and O–H groups in total. The third-order valence-electron chi connectivity index (χ3n) is 3.87. The van der Waals surface area contributed by atoms with Crippen LogP contribution in [0, 0.1) is 6.92 Å². The minimum atomic E-state index is -2.94. The summed E-state index contributed by atoms with van der Waals surface area (Å²) in [5, 5.41) is 2.82. The van der Waals surface area contributed by atoms with Gasteiger partial charge in [0.15, 0.2) is 6.61 Å². The summed E-state index contributed by atoms with van der Waals surface area (Å²) in [5.41, 5.74) is 2.23. The summed E-state index contributed by atoms with van der Waals surface area (Å²) in [7, 11) is 0. The average Bonchev–Trinajstić information content (AvgIpc) is 2.65. The number of benzene rings is 2. The van der Waals surface area contributed by atoms with E-state index in [2.05, 4.69) is 10.1 Å². The van der Waals surface area contributed by atoms with Crippen molar-refractivity contribution >= 4 is 11.9 Å². The Morgan fingerprint density at radius 1 is 1.04 bits per heavy atom. The molecule has 0 unspecified atom stereocenters. The third kappa shape index (κ3) is 6.36. The molecule has 5 nitrogen and oxygen atoms in total. The quantitative estimate of drug-likeness (QED) is 0.706. The van der Waals surface area contributed by atoms with E-state index in [9.17, 15) is 18.4 Å². The zero-order valence-corrected chi connectivity index (χ0v) is 15.1. The summed E-state index contributed by atoms with van der Waals surface area (Å²) in [5.74, 6) is -1.21. The Balaban J connectivity index is 1.86. The summed E-state index contributed by atoms with van der Waals surface area (Å²) in [6.07, 6.45) is 0.689. The van der Waals surface area contributed by atoms with Gasteiger partial charge in [-0.15, -0.1) is 0 Å². The van der Waals surface area contributed by atoms with Gasteiger partial charge in [0.25, 0.3) is 5.91 Å². The van der Waals surface area contributed by atoms with Crippen molar-refractivity contribution in [2.75, 3.05) is 6.61 Å². The third-order valence-corrected chi connectivity index (χ3v) is 3.87. The van der Waals surface area contributed by atoms with Crippen LogP contribution >= 0.6 is 0 Å². The van der Waals surface area contributed by atoms with Crippen molar-refractivity contribution in [3.05, 3.63) is 65.2 Å². The lowest BCUT2D eigenvalue weighted by molar-refractivity contribution is -0.125. The molecule has 0 saturated heterocycles. The van der Waals surface area contributed by atoms with Gasteiger partial charge in [-0.3, -0.25) is 4.79 Å². The lowest BCUT2D eigenvalue weighted by atomic mass is 10.0. The molecule has 0 aromatic heterocycles. The van der Waals surface area contributed by atoms with Gasteiger partial charge in [0.1, 0.15) is 5.75 Å². The van der Waals surface area contributed by atoms with Crippen molar-refractivity contribution in [1.29, 1.82) is 0 Å². The van der Waals surface area contributed by atoms with Crippen molar-refractivity contribution in [3.63, 3.8) is 0 Å². The Bertz CT molecular complexity index is 761. The lowest BCUT2D eigenvalue weighted by Gasteiger charge is -2.17. The molecule has 0 radical (unpaired) electrons. The topological polar surface area (TPSA) is 64.6 Å². The van der Waals surface area contributed by atoms with Gasteiger partial charge in [-0.25, -0.2) is 4.79 Å². The summed E-state index contributed by atoms with van der Waals surface area (Å²) >= 11 is 0. The van der Waals surface area contributed by atoms with Crippen molar-refractivity contribution in [2.24, 2.45) is 0 Å². The highest BCUT2D eigenvalue weighted by molar-refractivity contribution is 5.91. The van der Waals surface area contributed by atoms with Gasteiger partial charge in [0, 0.05) is 0 Å². The molecule has 0 bridgehead atoms. The zero-order chi connectivity index (χ0) is 19.8. The van der Waals surface area contributed by atoms with E-state index < -0.39 is 25.1 Å². The molecular formula is C20H21F2NO4. The second-order valence-electron chi connectivity index (χ2n) is 5.92. The Hall–Kier alpha value is -2.96. The largest absolute Gasteiger partial charge is 0.452 e. The van der Waals surface area contributed by atoms with Crippen LogP contribution in [0.2, 0.25) is 0 Å². The first-order valence-electron chi connectivity index (χ1n) is 8.47. The lowest BCUT2D eigenvalue weighted by Crippen LogP contribution is -2.32. The van der Waals surface area contributed by atoms with E-state index in [1.807, 2.05) is 38.1 Å². The number of aryl methyl sites for hydroxylation is 1. The predicted octanol–water partition coefficient (Wildman–Crippen LogP) is 4.02. The van der Waals surface area contributed by atoms with E-state index in [0.717, 1.165) is 11.1 Å². The molecule has 7 heteroatoms. The van der Waals surface area contributed by atoms with Crippen molar-refractivity contribution in [1.82, 2.24) is 5.32 Å². The summed E-state index contributed by atoms with van der Waals surface area (Å²) in [6.45, 7) is 0.553. The summed E-state index contributed by atoms with van der Waals surface area (Å²) in [6, 6.07) is 12.7. The molecular weight excluding hydrogens is 356 g/mol. The standard InChI is InChI=1S/C20H21F2NO4/c1-3-17(14-6-4-13(2)5-7-14)23-18(24)12-26-19(25)15-8-10-16(11-9-15)27-20(21)22/h4-11,17,20H,3,12H2,1-2H3,(H,23,24)/t17-/m0/s1. The van der Waals surface area contributed by atoms with E-state index in [0.29, 0.717) is 6.42 Å². The smallest absolute Gasteiger partial charge is 0.387 e. The Labute approximate surface area is 156 Å². The monoisotopic (exact) mass is 377 g/mol. The molecule has 2 aromatic rings. The van der Waals surface area contributed by atoms with E-state index >= 15 is 0 Å². The normalized spacial score (nSPS) is 11.7. The second-order valence-corrected chi connectivity index (χ2v) is 5.92. The number of alkyl halides is 2. The Morgan fingerprint density at radius 2 is 1.67 bits per heavy atom. The molecule has 2 rings (SSSR count). The maximum absolute atomic E-state index is 12.1. The SMILES string of the molecule is CC[C@H](NC(=O)COC(=O)c1ccc(OC(F)F)cc1)c1ccc(C)cc1. The van der Waals surface area contributed by atoms with Crippen LogP contribution in [-0.2, 0) is 9.53 Å². The highest BCUT2D eigenvalue weighted by atomic mass is 19.3. The molecule has 0 aliphatic carbocycles. The fraction of sp³-hybridized carbons (Fsp3) is 0.300. The first-order chi connectivity index (χ1) is 12.9. The fourth-order valence-electron chi connectivity index (χ4n) is 2.44. The molecule has 1 amide bonds. The predicted molar refractivity (Wildman–Crippen MR) is 95.7 cm³/mol. The van der Waals surface area contributed by atoms with E-state index in [1.165, 1.54) is 24.3 Å². The number of esters is 1. The summed E-state index contributed by atoms with van der Waals surface area (Å²) in [4.78, 5) is 24.0. The molecule has 0 spiro atoms. The van der Waals surface area contributed by atoms with Crippen molar-refractivity contribution in [3.8, 4) is 5.75 Å². The molecule has 0 heterocycles. The highest BCUT2D eigenvalue weighted by Crippen LogP contribution is 2.17. The van der Waals surface area contributed by atoms with Crippen molar-refractivity contribution in [2.45, 2.75) is 32.9 Å². The molecule has 2 aromatic carbocycles. The minimum Gasteiger partial charge on any atom is -0.452 e. The highest BCUT2D eigenvalue weighted by Gasteiger charge is 2.15. The number of halogens is 2. The Kier molecular flexibility index (Phi) is 7.28. The minimum absolute atomic E-state index is 0.0665. The van der Waals surface area contributed by atoms with Gasteiger partial charge in [-0.1, -0.05) is 36.8 Å². The van der Waals surface area contributed by atoms with Crippen LogP contribution in [0.15, 0.2) is 48.5 Å². The van der Waals surface area contributed by atoms with Crippen molar-refractivity contribution < 1.29 is 27.8 Å². The second kappa shape index (κ2) is 9.66. The molecule has 0 aliphatic heterocycles. The van der Waals surface area contributed by atoms with E-state index in [4.69, 9.17) is 4.74 Å². The van der Waals surface area contributed by atoms with Gasteiger partial charge in [0.05, 0.1) is 11.6 Å². The first kappa shape index (κ1) is 20.4. The zero-order valence-electron chi connectivity index (χ0n) is 15.1. The fourth-order valence-corrected chi connectivity index (χ4v) is 2.44.